The van der Waals surface area contributed by atoms with Crippen molar-refractivity contribution in [3.63, 3.8) is 0 Å². The van der Waals surface area contributed by atoms with Crippen molar-refractivity contribution in [3.8, 4) is 0 Å². The van der Waals surface area contributed by atoms with Gasteiger partial charge < -0.3 is 0 Å². The van der Waals surface area contributed by atoms with Gasteiger partial charge in [0.15, 0.2) is 0 Å². The highest BCUT2D eigenvalue weighted by Gasteiger charge is 2.13. The van der Waals surface area contributed by atoms with Crippen LogP contribution in [0.2, 0.25) is 0 Å². The van der Waals surface area contributed by atoms with Gasteiger partial charge in [-0.15, -0.1) is 9.24 Å². The molecule has 0 heterocycles. The Kier molecular flexibility index (Phi) is 9.89. The van der Waals surface area contributed by atoms with Gasteiger partial charge in [-0.25, -0.2) is 0 Å². The summed E-state index contributed by atoms with van der Waals surface area (Å²) in [5, 5.41) is 1.40. The maximum absolute atomic E-state index is 2.82. The van der Waals surface area contributed by atoms with E-state index in [-0.39, 0.29) is 0 Å². The second kappa shape index (κ2) is 12.1. The van der Waals surface area contributed by atoms with E-state index in [9.17, 15) is 0 Å². The van der Waals surface area contributed by atoms with Crippen molar-refractivity contribution in [3.05, 3.63) is 92.9 Å². The molecule has 0 radical (unpaired) electrons. The molecule has 1 heteroatoms. The Labute approximate surface area is 181 Å². The van der Waals surface area contributed by atoms with Crippen LogP contribution in [0, 0.1) is 0 Å². The molecule has 1 unspecified atom stereocenters. The van der Waals surface area contributed by atoms with Crippen LogP contribution in [0.3, 0.4) is 0 Å². The normalized spacial score (nSPS) is 20.3. The lowest BCUT2D eigenvalue weighted by Gasteiger charge is -2.20. The molecule has 0 aromatic carbocycles. The fraction of sp³-hybridized carbons (Fsp3) is 0.429. The lowest BCUT2D eigenvalue weighted by Crippen LogP contribution is -2.00. The SMILES string of the molecule is CC1=CC=C(C2=CC=C(/C(C)=C/C=C(\C)C3=CC=C(P)CC3)CC2)CC1.CCC. The molecule has 1 atom stereocenters. The smallest absolute Gasteiger partial charge is 0.0235 e. The Morgan fingerprint density at radius 3 is 1.62 bits per heavy atom. The van der Waals surface area contributed by atoms with Crippen LogP contribution in [0.1, 0.15) is 79.6 Å². The van der Waals surface area contributed by atoms with Crippen LogP contribution in [0.5, 0.6) is 0 Å². The van der Waals surface area contributed by atoms with Gasteiger partial charge in [0.05, 0.1) is 0 Å². The molecular formula is C28H39P. The Bertz CT molecular complexity index is 832. The van der Waals surface area contributed by atoms with Gasteiger partial charge in [0.25, 0.3) is 0 Å². The summed E-state index contributed by atoms with van der Waals surface area (Å²) in [7, 11) is 2.82. The summed E-state index contributed by atoms with van der Waals surface area (Å²) in [5.41, 5.74) is 10.3. The number of hydrogen-bond donors (Lipinski definition) is 0. The van der Waals surface area contributed by atoms with Gasteiger partial charge in [0.2, 0.25) is 0 Å². The summed E-state index contributed by atoms with van der Waals surface area (Å²) >= 11 is 0. The van der Waals surface area contributed by atoms with Gasteiger partial charge in [-0.1, -0.05) is 79.8 Å². The summed E-state index contributed by atoms with van der Waals surface area (Å²) in [6.45, 7) is 11.0. The van der Waals surface area contributed by atoms with Gasteiger partial charge in [0.1, 0.15) is 0 Å². The molecule has 3 rings (SSSR count). The summed E-state index contributed by atoms with van der Waals surface area (Å²) in [6.07, 6.45) is 26.7. The standard InChI is InChI=1S/C25H31P.C3H8/c1-18-4-8-23(9-5-18)24-12-10-21(11-13-24)19(2)6-7-20(3)22-14-16-25(26)17-15-22;1-3-2/h4,6-8,10,12,14,16H,5,9,11,13,15,17,26H2,1-3H3;3H2,1-2H3/b19-6+,20-7+;. The second-order valence-corrected chi connectivity index (χ2v) is 9.17. The van der Waals surface area contributed by atoms with Crippen molar-refractivity contribution in [2.75, 3.05) is 0 Å². The van der Waals surface area contributed by atoms with Gasteiger partial charge in [0, 0.05) is 0 Å². The zero-order valence-corrected chi connectivity index (χ0v) is 20.3. The van der Waals surface area contributed by atoms with Crippen LogP contribution in [-0.4, -0.2) is 0 Å². The van der Waals surface area contributed by atoms with E-state index < -0.39 is 0 Å². The minimum atomic E-state index is 1.16. The molecule has 0 spiro atoms. The summed E-state index contributed by atoms with van der Waals surface area (Å²) in [5.74, 6) is 0. The van der Waals surface area contributed by atoms with E-state index in [0.29, 0.717) is 0 Å². The van der Waals surface area contributed by atoms with E-state index in [1.165, 1.54) is 70.0 Å². The number of hydrogen-bond acceptors (Lipinski definition) is 0. The average molecular weight is 407 g/mol. The summed E-state index contributed by atoms with van der Waals surface area (Å²) in [6, 6.07) is 0. The number of allylic oxidation sites excluding steroid dienone is 16. The van der Waals surface area contributed by atoms with Crippen LogP contribution in [0.15, 0.2) is 92.9 Å². The first-order chi connectivity index (χ1) is 13.9. The molecule has 0 aromatic heterocycles. The first kappa shape index (κ1) is 23.6. The van der Waals surface area contributed by atoms with Crippen molar-refractivity contribution in [1.82, 2.24) is 0 Å². The maximum Gasteiger partial charge on any atom is -0.0235 e. The van der Waals surface area contributed by atoms with E-state index in [4.69, 9.17) is 0 Å². The fourth-order valence-corrected chi connectivity index (χ4v) is 3.93. The monoisotopic (exact) mass is 406 g/mol. The van der Waals surface area contributed by atoms with E-state index in [1.807, 2.05) is 0 Å². The first-order valence-electron chi connectivity index (χ1n) is 11.2. The highest BCUT2D eigenvalue weighted by molar-refractivity contribution is 7.22. The van der Waals surface area contributed by atoms with Crippen LogP contribution in [-0.2, 0) is 0 Å². The second-order valence-electron chi connectivity index (χ2n) is 8.43. The van der Waals surface area contributed by atoms with Gasteiger partial charge in [-0.2, -0.15) is 0 Å². The first-order valence-corrected chi connectivity index (χ1v) is 11.8. The minimum absolute atomic E-state index is 1.16. The van der Waals surface area contributed by atoms with Crippen molar-refractivity contribution >= 4 is 9.24 Å². The zero-order chi connectivity index (χ0) is 21.2. The maximum atomic E-state index is 2.82. The molecule has 0 saturated heterocycles. The molecule has 0 aliphatic heterocycles. The fourth-order valence-electron chi connectivity index (χ4n) is 3.69. The lowest BCUT2D eigenvalue weighted by molar-refractivity contribution is 0.854. The van der Waals surface area contributed by atoms with Crippen molar-refractivity contribution < 1.29 is 0 Å². The van der Waals surface area contributed by atoms with Gasteiger partial charge in [-0.05, 0) is 92.7 Å². The van der Waals surface area contributed by atoms with E-state index in [2.05, 4.69) is 92.5 Å². The Morgan fingerprint density at radius 2 is 1.21 bits per heavy atom. The highest BCUT2D eigenvalue weighted by atomic mass is 31.0. The molecule has 0 saturated carbocycles. The third kappa shape index (κ3) is 7.60. The van der Waals surface area contributed by atoms with Crippen molar-refractivity contribution in [2.24, 2.45) is 0 Å². The van der Waals surface area contributed by atoms with Crippen molar-refractivity contribution in [2.45, 2.75) is 79.6 Å². The van der Waals surface area contributed by atoms with Crippen LogP contribution < -0.4 is 0 Å². The van der Waals surface area contributed by atoms with Gasteiger partial charge in [-0.3, -0.25) is 0 Å². The average Bonchev–Trinajstić information content (AvgIpc) is 2.73. The quantitative estimate of drug-likeness (QED) is 0.322. The van der Waals surface area contributed by atoms with Crippen LogP contribution >= 0.6 is 9.24 Å². The third-order valence-corrected chi connectivity index (χ3v) is 6.18. The molecule has 0 N–H and O–H groups in total. The Morgan fingerprint density at radius 1 is 0.724 bits per heavy atom. The lowest BCUT2D eigenvalue weighted by atomic mass is 9.86. The zero-order valence-electron chi connectivity index (χ0n) is 19.1. The summed E-state index contributed by atoms with van der Waals surface area (Å²) in [4.78, 5) is 0. The van der Waals surface area contributed by atoms with E-state index in [0.717, 1.165) is 19.3 Å². The van der Waals surface area contributed by atoms with Crippen LogP contribution in [0.25, 0.3) is 0 Å². The molecule has 0 amide bonds. The van der Waals surface area contributed by atoms with Crippen molar-refractivity contribution in [1.29, 1.82) is 0 Å². The predicted octanol–water partition coefficient (Wildman–Crippen LogP) is 9.09. The predicted molar refractivity (Wildman–Crippen MR) is 135 cm³/mol. The molecule has 0 fully saturated rings. The summed E-state index contributed by atoms with van der Waals surface area (Å²) < 4.78 is 0. The molecular weight excluding hydrogens is 367 g/mol. The minimum Gasteiger partial charge on any atom is -0.110 e. The largest absolute Gasteiger partial charge is 0.110 e. The highest BCUT2D eigenvalue weighted by Crippen LogP contribution is 2.32. The molecule has 156 valence electrons. The van der Waals surface area contributed by atoms with Crippen LogP contribution in [0.4, 0.5) is 0 Å². The topological polar surface area (TPSA) is 0 Å². The number of rotatable bonds is 4. The molecule has 0 nitrogen and oxygen atoms in total. The molecule has 0 aromatic rings. The Balaban J connectivity index is 0.000000941. The van der Waals surface area contributed by atoms with E-state index in [1.54, 1.807) is 0 Å². The molecule has 29 heavy (non-hydrogen) atoms. The molecule has 3 aliphatic carbocycles. The molecule has 0 bridgehead atoms. The van der Waals surface area contributed by atoms with E-state index >= 15 is 0 Å². The Hall–Kier alpha value is -1.65. The molecule has 3 aliphatic rings. The third-order valence-electron chi connectivity index (χ3n) is 5.70. The van der Waals surface area contributed by atoms with Gasteiger partial charge >= 0.3 is 0 Å².